The van der Waals surface area contributed by atoms with Crippen LogP contribution in [0.5, 0.6) is 0 Å². The van der Waals surface area contributed by atoms with Crippen LogP contribution in [0.4, 0.5) is 5.69 Å². The molecule has 0 radical (unpaired) electrons. The maximum absolute atomic E-state index is 12.3. The molecule has 0 aromatic heterocycles. The Bertz CT molecular complexity index is 778. The van der Waals surface area contributed by atoms with E-state index in [0.717, 1.165) is 22.0 Å². The zero-order chi connectivity index (χ0) is 15.4. The van der Waals surface area contributed by atoms with E-state index in [4.69, 9.17) is 4.74 Å². The summed E-state index contributed by atoms with van der Waals surface area (Å²) in [5, 5.41) is 5.41. The fourth-order valence-electron chi connectivity index (χ4n) is 2.58. The van der Waals surface area contributed by atoms with Gasteiger partial charge in [0.2, 0.25) is 0 Å². The summed E-state index contributed by atoms with van der Waals surface area (Å²) in [6.45, 7) is 0. The molecule has 3 heteroatoms. The highest BCUT2D eigenvalue weighted by Crippen LogP contribution is 2.28. The third kappa shape index (κ3) is 2.79. The van der Waals surface area contributed by atoms with Crippen LogP contribution in [0.15, 0.2) is 72.8 Å². The summed E-state index contributed by atoms with van der Waals surface area (Å²) in [5.41, 5.74) is 1.79. The third-order valence-corrected chi connectivity index (χ3v) is 3.66. The molecule has 0 spiro atoms. The first kappa shape index (κ1) is 14.1. The molecular weight excluding hydrogens is 274 g/mol. The van der Waals surface area contributed by atoms with Gasteiger partial charge in [-0.05, 0) is 28.5 Å². The van der Waals surface area contributed by atoms with Gasteiger partial charge in [0.25, 0.3) is 0 Å². The minimum absolute atomic E-state index is 0.305. The van der Waals surface area contributed by atoms with Crippen molar-refractivity contribution in [2.75, 3.05) is 12.4 Å². The average molecular weight is 291 g/mol. The second-order valence-electron chi connectivity index (χ2n) is 5.03. The number of fused-ring (bicyclic) bond motifs is 1. The lowest BCUT2D eigenvalue weighted by atomic mass is 9.98. The topological polar surface area (TPSA) is 38.3 Å². The number of anilines is 1. The molecule has 0 heterocycles. The summed E-state index contributed by atoms with van der Waals surface area (Å²) in [6.07, 6.45) is 0. The van der Waals surface area contributed by atoms with E-state index in [1.807, 2.05) is 72.8 Å². The van der Waals surface area contributed by atoms with E-state index in [1.165, 1.54) is 7.11 Å². The Morgan fingerprint density at radius 3 is 2.36 bits per heavy atom. The molecule has 22 heavy (non-hydrogen) atoms. The fourth-order valence-corrected chi connectivity index (χ4v) is 2.58. The zero-order valence-corrected chi connectivity index (χ0v) is 12.3. The van der Waals surface area contributed by atoms with Crippen molar-refractivity contribution in [3.8, 4) is 0 Å². The van der Waals surface area contributed by atoms with E-state index in [1.54, 1.807) is 0 Å². The predicted molar refractivity (Wildman–Crippen MR) is 88.8 cm³/mol. The number of hydrogen-bond donors (Lipinski definition) is 1. The van der Waals surface area contributed by atoms with Crippen LogP contribution in [0.2, 0.25) is 0 Å². The van der Waals surface area contributed by atoms with Gasteiger partial charge in [-0.3, -0.25) is 0 Å². The Kier molecular flexibility index (Phi) is 4.05. The number of benzene rings is 3. The molecule has 0 amide bonds. The molecule has 0 bridgehead atoms. The largest absolute Gasteiger partial charge is 0.467 e. The highest BCUT2D eigenvalue weighted by atomic mass is 16.5. The number of rotatable bonds is 4. The number of para-hydroxylation sites is 1. The van der Waals surface area contributed by atoms with Gasteiger partial charge in [0, 0.05) is 5.69 Å². The van der Waals surface area contributed by atoms with Gasteiger partial charge < -0.3 is 10.1 Å². The second kappa shape index (κ2) is 6.31. The van der Waals surface area contributed by atoms with E-state index in [0.29, 0.717) is 0 Å². The third-order valence-electron chi connectivity index (χ3n) is 3.66. The highest BCUT2D eigenvalue weighted by molar-refractivity contribution is 5.92. The van der Waals surface area contributed by atoms with Gasteiger partial charge in [0.1, 0.15) is 0 Å². The number of ether oxygens (including phenoxy) is 1. The first-order valence-corrected chi connectivity index (χ1v) is 7.16. The van der Waals surface area contributed by atoms with Crippen LogP contribution in [-0.2, 0) is 9.53 Å². The van der Waals surface area contributed by atoms with Gasteiger partial charge >= 0.3 is 5.97 Å². The number of nitrogens with one attached hydrogen (secondary N) is 1. The van der Waals surface area contributed by atoms with E-state index < -0.39 is 6.04 Å². The SMILES string of the molecule is COC(=O)C(Nc1ccccc1)c1cccc2ccccc12. The van der Waals surface area contributed by atoms with E-state index in [-0.39, 0.29) is 5.97 Å². The molecule has 1 N–H and O–H groups in total. The Morgan fingerprint density at radius 2 is 1.59 bits per heavy atom. The van der Waals surface area contributed by atoms with Gasteiger partial charge in [-0.2, -0.15) is 0 Å². The normalized spacial score (nSPS) is 11.9. The van der Waals surface area contributed by atoms with Crippen LogP contribution in [0.1, 0.15) is 11.6 Å². The first-order valence-electron chi connectivity index (χ1n) is 7.16. The Morgan fingerprint density at radius 1 is 0.909 bits per heavy atom. The van der Waals surface area contributed by atoms with Crippen LogP contribution < -0.4 is 5.32 Å². The summed E-state index contributed by atoms with van der Waals surface area (Å²) < 4.78 is 4.99. The van der Waals surface area contributed by atoms with Crippen molar-refractivity contribution < 1.29 is 9.53 Å². The van der Waals surface area contributed by atoms with Crippen molar-refractivity contribution in [2.45, 2.75) is 6.04 Å². The van der Waals surface area contributed by atoms with E-state index in [9.17, 15) is 4.79 Å². The van der Waals surface area contributed by atoms with Crippen LogP contribution in [-0.4, -0.2) is 13.1 Å². The molecule has 0 fully saturated rings. The number of carbonyl (C=O) groups is 1. The Balaban J connectivity index is 2.07. The van der Waals surface area contributed by atoms with Gasteiger partial charge in [-0.15, -0.1) is 0 Å². The van der Waals surface area contributed by atoms with Crippen LogP contribution in [0.3, 0.4) is 0 Å². The maximum Gasteiger partial charge on any atom is 0.333 e. The molecule has 0 saturated carbocycles. The molecule has 0 saturated heterocycles. The summed E-state index contributed by atoms with van der Waals surface area (Å²) >= 11 is 0. The second-order valence-corrected chi connectivity index (χ2v) is 5.03. The van der Waals surface area contributed by atoms with E-state index >= 15 is 0 Å². The van der Waals surface area contributed by atoms with Crippen molar-refractivity contribution in [2.24, 2.45) is 0 Å². The molecular formula is C19H17NO2. The minimum atomic E-state index is -0.543. The summed E-state index contributed by atoms with van der Waals surface area (Å²) in [6, 6.07) is 23.1. The number of carbonyl (C=O) groups excluding carboxylic acids is 1. The summed E-state index contributed by atoms with van der Waals surface area (Å²) in [4.78, 5) is 12.3. The fraction of sp³-hybridized carbons (Fsp3) is 0.105. The molecule has 3 rings (SSSR count). The summed E-state index contributed by atoms with van der Waals surface area (Å²) in [7, 11) is 1.41. The van der Waals surface area contributed by atoms with Crippen molar-refractivity contribution in [1.82, 2.24) is 0 Å². The van der Waals surface area contributed by atoms with Gasteiger partial charge in [-0.25, -0.2) is 4.79 Å². The Hall–Kier alpha value is -2.81. The average Bonchev–Trinajstić information content (AvgIpc) is 2.59. The highest BCUT2D eigenvalue weighted by Gasteiger charge is 2.23. The predicted octanol–water partition coefficient (Wildman–Crippen LogP) is 4.17. The molecule has 1 atom stereocenters. The van der Waals surface area contributed by atoms with Crippen LogP contribution >= 0.6 is 0 Å². The lowest BCUT2D eigenvalue weighted by molar-refractivity contribution is -0.141. The van der Waals surface area contributed by atoms with E-state index in [2.05, 4.69) is 5.32 Å². The molecule has 3 nitrogen and oxygen atoms in total. The Labute approximate surface area is 129 Å². The van der Waals surface area contributed by atoms with Crippen LogP contribution in [0.25, 0.3) is 10.8 Å². The summed E-state index contributed by atoms with van der Waals surface area (Å²) in [5.74, 6) is -0.305. The quantitative estimate of drug-likeness (QED) is 0.733. The molecule has 0 aliphatic carbocycles. The van der Waals surface area contributed by atoms with Gasteiger partial charge in [0.15, 0.2) is 6.04 Å². The monoisotopic (exact) mass is 291 g/mol. The van der Waals surface area contributed by atoms with Crippen molar-refractivity contribution >= 4 is 22.4 Å². The molecule has 3 aromatic rings. The smallest absolute Gasteiger partial charge is 0.333 e. The minimum Gasteiger partial charge on any atom is -0.467 e. The first-order chi connectivity index (χ1) is 10.8. The molecule has 110 valence electrons. The van der Waals surface area contributed by atoms with Crippen LogP contribution in [0, 0.1) is 0 Å². The number of methoxy groups -OCH3 is 1. The lowest BCUT2D eigenvalue weighted by Gasteiger charge is -2.19. The van der Waals surface area contributed by atoms with Gasteiger partial charge in [-0.1, -0.05) is 60.7 Å². The molecule has 3 aromatic carbocycles. The number of esters is 1. The molecule has 1 unspecified atom stereocenters. The van der Waals surface area contributed by atoms with Crippen molar-refractivity contribution in [3.63, 3.8) is 0 Å². The maximum atomic E-state index is 12.3. The molecule has 0 aliphatic heterocycles. The molecule has 0 aliphatic rings. The van der Waals surface area contributed by atoms with Crippen molar-refractivity contribution in [3.05, 3.63) is 78.4 Å². The zero-order valence-electron chi connectivity index (χ0n) is 12.3. The standard InChI is InChI=1S/C19H17NO2/c1-22-19(21)18(20-15-10-3-2-4-11-15)17-13-7-9-14-8-5-6-12-16(14)17/h2-13,18,20H,1H3. The number of hydrogen-bond acceptors (Lipinski definition) is 3. The lowest BCUT2D eigenvalue weighted by Crippen LogP contribution is -2.22. The van der Waals surface area contributed by atoms with Gasteiger partial charge in [0.05, 0.1) is 7.11 Å². The van der Waals surface area contributed by atoms with Crippen molar-refractivity contribution in [1.29, 1.82) is 0 Å².